The van der Waals surface area contributed by atoms with Crippen LogP contribution in [0.2, 0.25) is 5.02 Å². The first-order chi connectivity index (χ1) is 17.5. The summed E-state index contributed by atoms with van der Waals surface area (Å²) in [6.07, 6.45) is 9.51. The Hall–Kier alpha value is -1.96. The molecular formula is C29H36ClN3O3S. The van der Waals surface area contributed by atoms with E-state index in [1.54, 1.807) is 30.5 Å². The number of rotatable bonds is 6. The number of carbonyl (C=O) groups is 1. The Morgan fingerprint density at radius 3 is 2.32 bits per heavy atom. The molecule has 4 aliphatic carbocycles. The van der Waals surface area contributed by atoms with Gasteiger partial charge in [0.25, 0.3) is 0 Å². The second kappa shape index (κ2) is 9.06. The first-order valence-electron chi connectivity index (χ1n) is 13.5. The summed E-state index contributed by atoms with van der Waals surface area (Å²) in [5.74, 6) is 2.35. The Morgan fingerprint density at radius 2 is 1.70 bits per heavy atom. The quantitative estimate of drug-likeness (QED) is 0.504. The van der Waals surface area contributed by atoms with Crippen LogP contribution in [0.3, 0.4) is 0 Å². The van der Waals surface area contributed by atoms with Crippen LogP contribution in [0, 0.1) is 28.6 Å². The molecule has 4 saturated carbocycles. The molecule has 4 bridgehead atoms. The summed E-state index contributed by atoms with van der Waals surface area (Å²) < 4.78 is 26.3. The number of fused-ring (bicyclic) bond motifs is 1. The highest BCUT2D eigenvalue weighted by Gasteiger charge is 2.59. The van der Waals surface area contributed by atoms with Gasteiger partial charge in [0, 0.05) is 46.5 Å². The van der Waals surface area contributed by atoms with Crippen LogP contribution < -0.4 is 10.6 Å². The van der Waals surface area contributed by atoms with E-state index in [1.165, 1.54) is 38.5 Å². The van der Waals surface area contributed by atoms with Gasteiger partial charge in [-0.05, 0) is 85.5 Å². The molecule has 1 atom stereocenters. The molecule has 1 aromatic heterocycles. The van der Waals surface area contributed by atoms with Crippen molar-refractivity contribution in [3.63, 3.8) is 0 Å². The summed E-state index contributed by atoms with van der Waals surface area (Å²) in [4.78, 5) is 18.3. The van der Waals surface area contributed by atoms with Crippen LogP contribution in [-0.2, 0) is 33.4 Å². The fourth-order valence-electron chi connectivity index (χ4n) is 8.05. The summed E-state index contributed by atoms with van der Waals surface area (Å²) in [7, 11) is -3.46. The van der Waals surface area contributed by atoms with Crippen LogP contribution in [0.1, 0.15) is 69.2 Å². The van der Waals surface area contributed by atoms with Gasteiger partial charge in [-0.2, -0.15) is 0 Å². The molecule has 2 heterocycles. The van der Waals surface area contributed by atoms with Crippen LogP contribution in [0.15, 0.2) is 36.5 Å². The zero-order valence-corrected chi connectivity index (χ0v) is 23.2. The third kappa shape index (κ3) is 4.51. The van der Waals surface area contributed by atoms with Gasteiger partial charge in [0.1, 0.15) is 5.37 Å². The summed E-state index contributed by atoms with van der Waals surface area (Å²) in [6, 6.07) is 8.74. The van der Waals surface area contributed by atoms with Gasteiger partial charge in [-0.15, -0.1) is 0 Å². The average Bonchev–Trinajstić information content (AvgIpc) is 2.84. The molecule has 0 spiro atoms. The minimum Gasteiger partial charge on any atom is -0.325 e. The molecule has 1 aliphatic heterocycles. The van der Waals surface area contributed by atoms with Crippen LogP contribution in [0.5, 0.6) is 0 Å². The number of halogens is 1. The van der Waals surface area contributed by atoms with Crippen molar-refractivity contribution in [2.45, 2.75) is 76.5 Å². The minimum atomic E-state index is -3.46. The lowest BCUT2D eigenvalue weighted by Crippen LogP contribution is -2.56. The van der Waals surface area contributed by atoms with Crippen LogP contribution in [0.25, 0.3) is 0 Å². The number of nitrogens with zero attached hydrogens (tertiary/aromatic N) is 1. The number of nitrogens with one attached hydrogen (secondary N) is 2. The fourth-order valence-corrected chi connectivity index (χ4v) is 9.79. The molecule has 4 fully saturated rings. The number of benzene rings is 1. The largest absolute Gasteiger partial charge is 0.325 e. The molecule has 2 aromatic rings. The second-order valence-electron chi connectivity index (χ2n) is 12.6. The third-order valence-electron chi connectivity index (χ3n) is 9.92. The summed E-state index contributed by atoms with van der Waals surface area (Å²) in [5, 5.41) is 6.31. The number of carbonyl (C=O) groups excluding carboxylic acids is 1. The molecule has 6 nitrogen and oxygen atoms in total. The standard InChI is InChI=1S/C29H36ClN3O3S/c1-28(2,29-13-19-9-20(14-29)11-21(10-19)15-29)27(34)33-24-7-8-31-25-12-26(32-16-23(24)25)37(35,36)17-18-3-5-22(30)6-4-18/h3-8,19-21,26,32H,9-17H2,1-2H3,(H,31,33,34). The number of hydrogen-bond acceptors (Lipinski definition) is 5. The molecule has 2 N–H and O–H groups in total. The lowest BCUT2D eigenvalue weighted by molar-refractivity contribution is -0.151. The van der Waals surface area contributed by atoms with Crippen molar-refractivity contribution in [2.75, 3.05) is 5.32 Å². The SMILES string of the molecule is CC(C)(C(=O)Nc1ccnc2c1CNC(S(=O)(=O)Cc1ccc(Cl)cc1)C2)C12CC3CC(CC(C3)C1)C2. The van der Waals surface area contributed by atoms with Crippen molar-refractivity contribution >= 4 is 33.0 Å². The lowest BCUT2D eigenvalue weighted by atomic mass is 9.43. The van der Waals surface area contributed by atoms with E-state index in [-0.39, 0.29) is 23.5 Å². The number of hydrogen-bond donors (Lipinski definition) is 2. The van der Waals surface area contributed by atoms with E-state index >= 15 is 0 Å². The maximum atomic E-state index is 13.8. The summed E-state index contributed by atoms with van der Waals surface area (Å²) in [5.41, 5.74) is 2.68. The third-order valence-corrected chi connectivity index (χ3v) is 12.1. The van der Waals surface area contributed by atoms with Gasteiger partial charge in [-0.25, -0.2) is 8.42 Å². The van der Waals surface area contributed by atoms with E-state index in [1.807, 2.05) is 6.07 Å². The zero-order chi connectivity index (χ0) is 26.0. The van der Waals surface area contributed by atoms with Gasteiger partial charge in [-0.3, -0.25) is 15.1 Å². The first kappa shape index (κ1) is 25.3. The first-order valence-corrected chi connectivity index (χ1v) is 15.6. The fraction of sp³-hybridized carbons (Fsp3) is 0.586. The van der Waals surface area contributed by atoms with Crippen molar-refractivity contribution in [1.82, 2.24) is 10.3 Å². The van der Waals surface area contributed by atoms with Gasteiger partial charge in [0.05, 0.1) is 5.75 Å². The van der Waals surface area contributed by atoms with E-state index in [2.05, 4.69) is 29.5 Å². The van der Waals surface area contributed by atoms with Gasteiger partial charge >= 0.3 is 0 Å². The molecule has 5 aliphatic rings. The minimum absolute atomic E-state index is 0.0626. The zero-order valence-electron chi connectivity index (χ0n) is 21.6. The van der Waals surface area contributed by atoms with Crippen LogP contribution in [-0.4, -0.2) is 24.7 Å². The number of sulfone groups is 1. The number of anilines is 1. The maximum absolute atomic E-state index is 13.8. The molecule has 7 rings (SSSR count). The van der Waals surface area contributed by atoms with Crippen molar-refractivity contribution in [3.8, 4) is 0 Å². The van der Waals surface area contributed by atoms with E-state index in [0.29, 0.717) is 17.1 Å². The molecule has 8 heteroatoms. The van der Waals surface area contributed by atoms with Gasteiger partial charge in [0.2, 0.25) is 5.91 Å². The number of aromatic nitrogens is 1. The Morgan fingerprint density at radius 1 is 1.08 bits per heavy atom. The highest BCUT2D eigenvalue weighted by atomic mass is 35.5. The predicted molar refractivity (Wildman–Crippen MR) is 146 cm³/mol. The monoisotopic (exact) mass is 541 g/mol. The van der Waals surface area contributed by atoms with E-state index in [9.17, 15) is 13.2 Å². The molecule has 0 radical (unpaired) electrons. The van der Waals surface area contributed by atoms with E-state index in [0.717, 1.165) is 34.7 Å². The van der Waals surface area contributed by atoms with Gasteiger partial charge in [-0.1, -0.05) is 37.6 Å². The second-order valence-corrected chi connectivity index (χ2v) is 15.2. The maximum Gasteiger partial charge on any atom is 0.230 e. The molecule has 1 aromatic carbocycles. The Labute approximate surface area is 224 Å². The normalized spacial score (nSPS) is 30.7. The molecule has 1 unspecified atom stereocenters. The van der Waals surface area contributed by atoms with Crippen molar-refractivity contribution in [1.29, 1.82) is 0 Å². The Kier molecular flexibility index (Phi) is 6.20. The van der Waals surface area contributed by atoms with Gasteiger partial charge in [0.15, 0.2) is 9.84 Å². The summed E-state index contributed by atoms with van der Waals surface area (Å²) >= 11 is 5.94. The molecule has 1 amide bonds. The van der Waals surface area contributed by atoms with E-state index in [4.69, 9.17) is 11.6 Å². The highest BCUT2D eigenvalue weighted by Crippen LogP contribution is 2.66. The number of amides is 1. The Bertz CT molecular complexity index is 1290. The molecule has 0 saturated heterocycles. The van der Waals surface area contributed by atoms with Crippen molar-refractivity contribution in [3.05, 3.63) is 58.4 Å². The smallest absolute Gasteiger partial charge is 0.230 e. The average molecular weight is 542 g/mol. The van der Waals surface area contributed by atoms with E-state index < -0.39 is 20.6 Å². The van der Waals surface area contributed by atoms with Crippen LogP contribution >= 0.6 is 11.6 Å². The highest BCUT2D eigenvalue weighted by molar-refractivity contribution is 7.91. The molecular weight excluding hydrogens is 506 g/mol. The predicted octanol–water partition coefficient (Wildman–Crippen LogP) is 5.50. The Balaban J connectivity index is 1.18. The van der Waals surface area contributed by atoms with Gasteiger partial charge < -0.3 is 5.32 Å². The summed E-state index contributed by atoms with van der Waals surface area (Å²) in [6.45, 7) is 4.63. The molecule has 37 heavy (non-hydrogen) atoms. The topological polar surface area (TPSA) is 88.2 Å². The van der Waals surface area contributed by atoms with Crippen molar-refractivity contribution in [2.24, 2.45) is 28.6 Å². The van der Waals surface area contributed by atoms with Crippen molar-refractivity contribution < 1.29 is 13.2 Å². The lowest BCUT2D eigenvalue weighted by Gasteiger charge is -2.61. The molecule has 198 valence electrons. The number of pyridine rings is 1. The van der Waals surface area contributed by atoms with Crippen LogP contribution in [0.4, 0.5) is 5.69 Å².